The summed E-state index contributed by atoms with van der Waals surface area (Å²) in [4.78, 5) is 14.0. The Labute approximate surface area is 107 Å². The molecule has 0 aromatic rings. The highest BCUT2D eigenvalue weighted by atomic mass is 16.2. The van der Waals surface area contributed by atoms with E-state index in [1.807, 2.05) is 0 Å². The Kier molecular flexibility index (Phi) is 7.44. The van der Waals surface area contributed by atoms with E-state index in [0.29, 0.717) is 12.5 Å². The number of nitrogens with one attached hydrogen (secondary N) is 1. The number of nitrogens with zero attached hydrogens (tertiary/aromatic N) is 1. The zero-order valence-electron chi connectivity index (χ0n) is 12.5. The number of amides is 1. The van der Waals surface area contributed by atoms with Crippen molar-refractivity contribution in [3.8, 4) is 0 Å². The lowest BCUT2D eigenvalue weighted by molar-refractivity contribution is -0.122. The molecule has 0 aromatic carbocycles. The summed E-state index contributed by atoms with van der Waals surface area (Å²) in [6, 6.07) is 0. The number of carbonyl (C=O) groups is 1. The molecule has 0 aromatic heterocycles. The molecular formula is C14H30N2O. The van der Waals surface area contributed by atoms with E-state index in [9.17, 15) is 4.79 Å². The van der Waals surface area contributed by atoms with Crippen LogP contribution in [0.15, 0.2) is 0 Å². The summed E-state index contributed by atoms with van der Waals surface area (Å²) in [7, 11) is 0. The van der Waals surface area contributed by atoms with Gasteiger partial charge >= 0.3 is 0 Å². The first-order valence-electron chi connectivity index (χ1n) is 6.73. The van der Waals surface area contributed by atoms with Crippen LogP contribution in [0.25, 0.3) is 0 Å². The highest BCUT2D eigenvalue weighted by Crippen LogP contribution is 2.15. The van der Waals surface area contributed by atoms with Crippen molar-refractivity contribution in [3.05, 3.63) is 0 Å². The molecule has 3 nitrogen and oxygen atoms in total. The fourth-order valence-electron chi connectivity index (χ4n) is 1.90. The first kappa shape index (κ1) is 16.4. The molecule has 0 aliphatic heterocycles. The Morgan fingerprint density at radius 1 is 1.29 bits per heavy atom. The van der Waals surface area contributed by atoms with E-state index in [0.717, 1.165) is 26.1 Å². The highest BCUT2D eigenvalue weighted by Gasteiger charge is 2.19. The Balaban J connectivity index is 4.23. The summed E-state index contributed by atoms with van der Waals surface area (Å²) in [5.74, 6) is 0.744. The summed E-state index contributed by atoms with van der Waals surface area (Å²) >= 11 is 0. The molecule has 0 heterocycles. The van der Waals surface area contributed by atoms with Crippen LogP contribution in [-0.2, 0) is 4.79 Å². The average Bonchev–Trinajstić information content (AvgIpc) is 2.10. The topological polar surface area (TPSA) is 32.3 Å². The third-order valence-electron chi connectivity index (χ3n) is 2.26. The monoisotopic (exact) mass is 242 g/mol. The molecule has 1 N–H and O–H groups in total. The molecule has 0 aliphatic carbocycles. The number of hydrogen-bond acceptors (Lipinski definition) is 2. The standard InChI is InChI=1S/C14H30N2O/c1-7-8-15-13(17)10-16(9-12(2)3)11-14(4,5)6/h12H,7-11H2,1-6H3,(H,15,17). The average molecular weight is 242 g/mol. The maximum atomic E-state index is 11.7. The van der Waals surface area contributed by atoms with Gasteiger partial charge in [0.2, 0.25) is 5.91 Å². The molecule has 0 saturated carbocycles. The first-order chi connectivity index (χ1) is 7.74. The molecule has 0 atom stereocenters. The molecule has 0 bridgehead atoms. The van der Waals surface area contributed by atoms with E-state index in [1.165, 1.54) is 0 Å². The van der Waals surface area contributed by atoms with Crippen LogP contribution in [0.1, 0.15) is 48.0 Å². The maximum Gasteiger partial charge on any atom is 0.234 e. The van der Waals surface area contributed by atoms with Crippen LogP contribution < -0.4 is 5.32 Å². The van der Waals surface area contributed by atoms with E-state index in [1.54, 1.807) is 0 Å². The van der Waals surface area contributed by atoms with Crippen LogP contribution in [0.3, 0.4) is 0 Å². The van der Waals surface area contributed by atoms with Crippen molar-refractivity contribution in [1.29, 1.82) is 0 Å². The van der Waals surface area contributed by atoms with Crippen molar-refractivity contribution in [2.45, 2.75) is 48.0 Å². The van der Waals surface area contributed by atoms with Crippen LogP contribution in [0.4, 0.5) is 0 Å². The van der Waals surface area contributed by atoms with Crippen molar-refractivity contribution < 1.29 is 4.79 Å². The Hall–Kier alpha value is -0.570. The SMILES string of the molecule is CCCNC(=O)CN(CC(C)C)CC(C)(C)C. The normalized spacial score (nSPS) is 12.2. The van der Waals surface area contributed by atoms with Crippen LogP contribution in [0, 0.1) is 11.3 Å². The second kappa shape index (κ2) is 7.70. The van der Waals surface area contributed by atoms with E-state index in [-0.39, 0.29) is 11.3 Å². The lowest BCUT2D eigenvalue weighted by atomic mass is 9.95. The highest BCUT2D eigenvalue weighted by molar-refractivity contribution is 5.77. The quantitative estimate of drug-likeness (QED) is 0.744. The van der Waals surface area contributed by atoms with Crippen molar-refractivity contribution >= 4 is 5.91 Å². The van der Waals surface area contributed by atoms with Gasteiger partial charge in [-0.3, -0.25) is 9.69 Å². The number of rotatable bonds is 7. The number of carbonyl (C=O) groups excluding carboxylic acids is 1. The molecule has 0 fully saturated rings. The third-order valence-corrected chi connectivity index (χ3v) is 2.26. The molecule has 0 unspecified atom stereocenters. The van der Waals surface area contributed by atoms with Crippen LogP contribution >= 0.6 is 0 Å². The molecule has 3 heteroatoms. The predicted octanol–water partition coefficient (Wildman–Crippen LogP) is 2.52. The molecule has 17 heavy (non-hydrogen) atoms. The van der Waals surface area contributed by atoms with Crippen LogP contribution in [-0.4, -0.2) is 37.0 Å². The largest absolute Gasteiger partial charge is 0.355 e. The second-order valence-electron chi connectivity index (χ2n) is 6.47. The molecule has 0 spiro atoms. The third kappa shape index (κ3) is 10.3. The molecule has 0 saturated heterocycles. The zero-order valence-corrected chi connectivity index (χ0v) is 12.5. The summed E-state index contributed by atoms with van der Waals surface area (Å²) in [5.41, 5.74) is 0.236. The lowest BCUT2D eigenvalue weighted by Crippen LogP contribution is -2.42. The minimum absolute atomic E-state index is 0.150. The summed E-state index contributed by atoms with van der Waals surface area (Å²) < 4.78 is 0. The van der Waals surface area contributed by atoms with Gasteiger partial charge in [-0.15, -0.1) is 0 Å². The Morgan fingerprint density at radius 3 is 2.29 bits per heavy atom. The maximum absolute atomic E-state index is 11.7. The van der Waals surface area contributed by atoms with Gasteiger partial charge in [0.05, 0.1) is 6.54 Å². The molecule has 0 radical (unpaired) electrons. The van der Waals surface area contributed by atoms with Gasteiger partial charge in [-0.05, 0) is 17.8 Å². The van der Waals surface area contributed by atoms with Crippen molar-refractivity contribution in [1.82, 2.24) is 10.2 Å². The van der Waals surface area contributed by atoms with Crippen molar-refractivity contribution in [3.63, 3.8) is 0 Å². The smallest absolute Gasteiger partial charge is 0.234 e. The van der Waals surface area contributed by atoms with Gasteiger partial charge < -0.3 is 5.32 Å². The minimum atomic E-state index is 0.150. The van der Waals surface area contributed by atoms with Crippen molar-refractivity contribution in [2.24, 2.45) is 11.3 Å². The van der Waals surface area contributed by atoms with Gasteiger partial charge in [-0.2, -0.15) is 0 Å². The van der Waals surface area contributed by atoms with E-state index in [2.05, 4.69) is 51.8 Å². The minimum Gasteiger partial charge on any atom is -0.355 e. The first-order valence-corrected chi connectivity index (χ1v) is 6.73. The van der Waals surface area contributed by atoms with Crippen LogP contribution in [0.5, 0.6) is 0 Å². The van der Waals surface area contributed by atoms with Gasteiger partial charge in [-0.1, -0.05) is 41.5 Å². The van der Waals surface area contributed by atoms with E-state index >= 15 is 0 Å². The summed E-state index contributed by atoms with van der Waals surface area (Å²) in [6.45, 7) is 16.3. The van der Waals surface area contributed by atoms with Gasteiger partial charge in [0.15, 0.2) is 0 Å². The zero-order chi connectivity index (χ0) is 13.5. The van der Waals surface area contributed by atoms with Gasteiger partial charge in [-0.25, -0.2) is 0 Å². The lowest BCUT2D eigenvalue weighted by Gasteiger charge is -2.30. The van der Waals surface area contributed by atoms with Gasteiger partial charge in [0.25, 0.3) is 0 Å². The Morgan fingerprint density at radius 2 is 1.88 bits per heavy atom. The predicted molar refractivity (Wildman–Crippen MR) is 74.0 cm³/mol. The summed E-state index contributed by atoms with van der Waals surface area (Å²) in [5, 5.41) is 2.94. The molecular weight excluding hydrogens is 212 g/mol. The van der Waals surface area contributed by atoms with Gasteiger partial charge in [0.1, 0.15) is 0 Å². The Bertz CT molecular complexity index is 219. The molecule has 102 valence electrons. The fraction of sp³-hybridized carbons (Fsp3) is 0.929. The van der Waals surface area contributed by atoms with Crippen LogP contribution in [0.2, 0.25) is 0 Å². The van der Waals surface area contributed by atoms with Crippen molar-refractivity contribution in [2.75, 3.05) is 26.2 Å². The second-order valence-corrected chi connectivity index (χ2v) is 6.47. The van der Waals surface area contributed by atoms with E-state index < -0.39 is 0 Å². The van der Waals surface area contributed by atoms with Gasteiger partial charge in [0, 0.05) is 19.6 Å². The summed E-state index contributed by atoms with van der Waals surface area (Å²) in [6.07, 6.45) is 0.995. The fourth-order valence-corrected chi connectivity index (χ4v) is 1.90. The van der Waals surface area contributed by atoms with E-state index in [4.69, 9.17) is 0 Å². The molecule has 0 rings (SSSR count). The molecule has 0 aliphatic rings. The number of hydrogen-bond donors (Lipinski definition) is 1. The molecule has 1 amide bonds.